The van der Waals surface area contributed by atoms with Crippen LogP contribution >= 0.6 is 0 Å². The van der Waals surface area contributed by atoms with E-state index in [0.717, 1.165) is 0 Å². The van der Waals surface area contributed by atoms with Gasteiger partial charge in [-0.15, -0.1) is 0 Å². The van der Waals surface area contributed by atoms with Gasteiger partial charge in [-0.1, -0.05) is 97.1 Å². The largest absolute Gasteiger partial charge is 0.673 e. The van der Waals surface area contributed by atoms with E-state index in [1.165, 1.54) is 48.5 Å². The van der Waals surface area contributed by atoms with E-state index in [4.69, 9.17) is 0 Å². The topological polar surface area (TPSA) is 15.0 Å². The Labute approximate surface area is 209 Å². The van der Waals surface area contributed by atoms with E-state index in [1.807, 2.05) is 0 Å². The van der Waals surface area contributed by atoms with Gasteiger partial charge in [-0.05, 0) is 29.5 Å². The van der Waals surface area contributed by atoms with Gasteiger partial charge in [0.15, 0.2) is 0 Å². The molecular weight excluding hydrogens is 463 g/mol. The van der Waals surface area contributed by atoms with Gasteiger partial charge in [-0.3, -0.25) is 9.89 Å². The van der Waals surface area contributed by atoms with Crippen LogP contribution in [0, 0.1) is 11.8 Å². The summed E-state index contributed by atoms with van der Waals surface area (Å²) in [5.74, 6) is 2.33. The number of benzene rings is 3. The first-order valence-electron chi connectivity index (χ1n) is 12.5. The van der Waals surface area contributed by atoms with Crippen molar-refractivity contribution >= 4 is 13.1 Å². The Morgan fingerprint density at radius 1 is 0.694 bits per heavy atom. The van der Waals surface area contributed by atoms with Gasteiger partial charge in [0.1, 0.15) is 6.04 Å². The number of rotatable bonds is 4. The lowest BCUT2D eigenvalue weighted by molar-refractivity contribution is -0.507. The molecule has 6 rings (SSSR count). The molecule has 0 bridgehead atoms. The van der Waals surface area contributed by atoms with Gasteiger partial charge in [0.05, 0.1) is 18.5 Å². The molecule has 1 saturated carbocycles. The number of halogens is 4. The predicted molar refractivity (Wildman–Crippen MR) is 137 cm³/mol. The Hall–Kier alpha value is -3.35. The molecule has 2 heterocycles. The smallest absolute Gasteiger partial charge is 0.418 e. The van der Waals surface area contributed by atoms with E-state index in [9.17, 15) is 17.3 Å². The van der Waals surface area contributed by atoms with Crippen LogP contribution in [0.4, 0.5) is 17.3 Å². The Balaban J connectivity index is 0.000000489. The number of hydrogen-bond donors (Lipinski definition) is 1. The van der Waals surface area contributed by atoms with Crippen LogP contribution < -0.4 is 5.32 Å². The molecular formula is C29H29BF4N2. The highest BCUT2D eigenvalue weighted by molar-refractivity contribution is 6.50. The van der Waals surface area contributed by atoms with Gasteiger partial charge >= 0.3 is 7.25 Å². The van der Waals surface area contributed by atoms with Gasteiger partial charge in [0, 0.05) is 17.9 Å². The molecule has 7 heteroatoms. The van der Waals surface area contributed by atoms with Crippen molar-refractivity contribution < 1.29 is 21.8 Å². The predicted octanol–water partition coefficient (Wildman–Crippen LogP) is 6.30. The Morgan fingerprint density at radius 2 is 1.11 bits per heavy atom. The normalized spacial score (nSPS) is 22.8. The summed E-state index contributed by atoms with van der Waals surface area (Å²) in [6, 6.07) is 33.9. The van der Waals surface area contributed by atoms with Crippen molar-refractivity contribution in [3.05, 3.63) is 120 Å². The van der Waals surface area contributed by atoms with Crippen LogP contribution in [-0.2, 0) is 5.41 Å². The molecule has 2 fully saturated rings. The van der Waals surface area contributed by atoms with Crippen LogP contribution in [0.1, 0.15) is 29.5 Å². The van der Waals surface area contributed by atoms with E-state index in [0.29, 0.717) is 17.9 Å². The monoisotopic (exact) mass is 492 g/mol. The number of amidine groups is 1. The second-order valence-corrected chi connectivity index (χ2v) is 9.61. The molecule has 1 saturated heterocycles. The Morgan fingerprint density at radius 3 is 1.53 bits per heavy atom. The van der Waals surface area contributed by atoms with Gasteiger partial charge < -0.3 is 17.3 Å². The molecule has 0 radical (unpaired) electrons. The molecule has 0 amide bonds. The van der Waals surface area contributed by atoms with Crippen LogP contribution in [0.15, 0.2) is 103 Å². The molecule has 0 spiro atoms. The van der Waals surface area contributed by atoms with Gasteiger partial charge in [-0.25, -0.2) is 0 Å². The SMILES string of the molecule is C1=CC2C(NC1=[N+]1CCCC1)C2C(c1ccccc1)(c1ccccc1)c1ccccc1.F[B-](F)(F)F. The second kappa shape index (κ2) is 9.96. The first-order chi connectivity index (χ1) is 17.4. The summed E-state index contributed by atoms with van der Waals surface area (Å²) in [7, 11) is -6.00. The van der Waals surface area contributed by atoms with Crippen molar-refractivity contribution in [3.63, 3.8) is 0 Å². The zero-order valence-electron chi connectivity index (χ0n) is 19.9. The third-order valence-corrected chi connectivity index (χ3v) is 7.50. The lowest BCUT2D eigenvalue weighted by Crippen LogP contribution is -2.39. The highest BCUT2D eigenvalue weighted by Gasteiger charge is 2.65. The van der Waals surface area contributed by atoms with Crippen molar-refractivity contribution in [2.45, 2.75) is 24.3 Å². The van der Waals surface area contributed by atoms with Crippen molar-refractivity contribution in [1.29, 1.82) is 0 Å². The zero-order chi connectivity index (χ0) is 25.2. The first kappa shape index (κ1) is 24.4. The van der Waals surface area contributed by atoms with Crippen LogP contribution in [-0.4, -0.2) is 36.8 Å². The van der Waals surface area contributed by atoms with Crippen LogP contribution in [0.3, 0.4) is 0 Å². The summed E-state index contributed by atoms with van der Waals surface area (Å²) in [5.41, 5.74) is 3.95. The summed E-state index contributed by atoms with van der Waals surface area (Å²) < 4.78 is 41.5. The lowest BCUT2D eigenvalue weighted by atomic mass is 9.65. The van der Waals surface area contributed by atoms with Gasteiger partial charge in [0.25, 0.3) is 5.84 Å². The lowest BCUT2D eigenvalue weighted by Gasteiger charge is -2.36. The average molecular weight is 492 g/mol. The summed E-state index contributed by atoms with van der Waals surface area (Å²) >= 11 is 0. The zero-order valence-corrected chi connectivity index (χ0v) is 19.9. The Kier molecular flexibility index (Phi) is 6.74. The minimum Gasteiger partial charge on any atom is -0.418 e. The molecule has 3 atom stereocenters. The summed E-state index contributed by atoms with van der Waals surface area (Å²) in [4.78, 5) is 0. The van der Waals surface area contributed by atoms with Crippen molar-refractivity contribution in [2.75, 3.05) is 13.1 Å². The van der Waals surface area contributed by atoms with E-state index in [1.54, 1.807) is 0 Å². The number of nitrogens with one attached hydrogen (secondary N) is 1. The highest BCUT2D eigenvalue weighted by Crippen LogP contribution is 2.60. The van der Waals surface area contributed by atoms with Crippen molar-refractivity contribution in [2.24, 2.45) is 11.8 Å². The molecule has 3 aliphatic rings. The van der Waals surface area contributed by atoms with Crippen LogP contribution in [0.2, 0.25) is 0 Å². The fourth-order valence-electron chi connectivity index (χ4n) is 6.07. The fourth-order valence-corrected chi connectivity index (χ4v) is 6.07. The molecule has 3 aromatic carbocycles. The average Bonchev–Trinajstić information content (AvgIpc) is 3.32. The molecule has 1 aliphatic carbocycles. The molecule has 2 nitrogen and oxygen atoms in total. The molecule has 3 aromatic rings. The fraction of sp³-hybridized carbons (Fsp3) is 0.276. The maximum absolute atomic E-state index is 9.75. The molecule has 186 valence electrons. The van der Waals surface area contributed by atoms with E-state index >= 15 is 0 Å². The number of fused-ring (bicyclic) bond motifs is 1. The number of nitrogens with zero attached hydrogens (tertiary/aromatic N) is 1. The third kappa shape index (κ3) is 4.84. The minimum atomic E-state index is -6.00. The summed E-state index contributed by atoms with van der Waals surface area (Å²) in [6.45, 7) is 2.35. The van der Waals surface area contributed by atoms with E-state index < -0.39 is 7.25 Å². The van der Waals surface area contributed by atoms with Crippen LogP contribution in [0.25, 0.3) is 0 Å². The van der Waals surface area contributed by atoms with Gasteiger partial charge in [-0.2, -0.15) is 0 Å². The number of hydrogen-bond acceptors (Lipinski definition) is 0. The quantitative estimate of drug-likeness (QED) is 0.196. The van der Waals surface area contributed by atoms with E-state index in [2.05, 4.69) is 113 Å². The van der Waals surface area contributed by atoms with Crippen LogP contribution in [0.5, 0.6) is 0 Å². The standard InChI is InChI=1S/C29H28N2.BF4/c1-4-12-22(13-5-1)29(23-14-6-2-7-15-23,24-16-8-3-9-17-24)27-25-18-19-26(30-28(25)27)31-20-10-11-21-31;2-1(3,4)5/h1-9,12-19,25,27-28H,10-11,20-21H2;/q;-1/p+1. The summed E-state index contributed by atoms with van der Waals surface area (Å²) in [6.07, 6.45) is 7.43. The second-order valence-electron chi connectivity index (χ2n) is 9.61. The molecule has 1 N–H and O–H groups in total. The first-order valence-corrected chi connectivity index (χ1v) is 12.5. The molecule has 2 aliphatic heterocycles. The maximum Gasteiger partial charge on any atom is 0.673 e. The summed E-state index contributed by atoms with van der Waals surface area (Å²) in [5, 5.41) is 3.95. The van der Waals surface area contributed by atoms with Gasteiger partial charge in [0.2, 0.25) is 0 Å². The molecule has 3 unspecified atom stereocenters. The Bertz CT molecular complexity index is 1120. The highest BCUT2D eigenvalue weighted by atomic mass is 19.5. The van der Waals surface area contributed by atoms with E-state index in [-0.39, 0.29) is 5.41 Å². The maximum atomic E-state index is 9.75. The molecule has 36 heavy (non-hydrogen) atoms. The third-order valence-electron chi connectivity index (χ3n) is 7.50. The molecule has 0 aromatic heterocycles. The minimum absolute atomic E-state index is 0.184. The van der Waals surface area contributed by atoms with Crippen molar-refractivity contribution in [1.82, 2.24) is 5.32 Å². The van der Waals surface area contributed by atoms with Crippen molar-refractivity contribution in [3.8, 4) is 0 Å².